The Kier molecular flexibility index (Phi) is 4.03. The first kappa shape index (κ1) is 14.9. The van der Waals surface area contributed by atoms with E-state index >= 15 is 0 Å². The monoisotopic (exact) mass is 307 g/mol. The summed E-state index contributed by atoms with van der Waals surface area (Å²) < 4.78 is 12.9. The van der Waals surface area contributed by atoms with Crippen molar-refractivity contribution in [2.24, 2.45) is 0 Å². The summed E-state index contributed by atoms with van der Waals surface area (Å²) >= 11 is 0. The van der Waals surface area contributed by atoms with E-state index < -0.39 is 24.5 Å². The lowest BCUT2D eigenvalue weighted by molar-refractivity contribution is -0.0645. The van der Waals surface area contributed by atoms with Crippen LogP contribution in [0.5, 0.6) is 0 Å². The third-order valence-corrected chi connectivity index (χ3v) is 3.56. The predicted molar refractivity (Wildman–Crippen MR) is 76.7 cm³/mol. The van der Waals surface area contributed by atoms with Crippen molar-refractivity contribution in [1.82, 2.24) is 19.5 Å². The Morgan fingerprint density at radius 2 is 2.27 bits per heavy atom. The fourth-order valence-electron chi connectivity index (χ4n) is 2.51. The molecule has 4 atom stereocenters. The Morgan fingerprint density at radius 1 is 1.45 bits per heavy atom. The van der Waals surface area contributed by atoms with Gasteiger partial charge < -0.3 is 25.4 Å². The van der Waals surface area contributed by atoms with Crippen LogP contribution >= 0.6 is 0 Å². The molecule has 0 aliphatic carbocycles. The normalized spacial score (nSPS) is 28.3. The summed E-state index contributed by atoms with van der Waals surface area (Å²) in [6.07, 6.45) is 1.28. The molecule has 1 fully saturated rings. The molecule has 3 heterocycles. The number of nitrogens with zero attached hydrogens (tertiary/aromatic N) is 4. The van der Waals surface area contributed by atoms with E-state index in [1.54, 1.807) is 10.6 Å². The van der Waals surface area contributed by atoms with Crippen molar-refractivity contribution in [1.29, 1.82) is 0 Å². The van der Waals surface area contributed by atoms with Gasteiger partial charge in [-0.2, -0.15) is 0 Å². The molecule has 0 unspecified atom stereocenters. The fourth-order valence-corrected chi connectivity index (χ4v) is 2.51. The third-order valence-electron chi connectivity index (χ3n) is 3.56. The van der Waals surface area contributed by atoms with Gasteiger partial charge in [-0.25, -0.2) is 15.0 Å². The van der Waals surface area contributed by atoms with Gasteiger partial charge in [0.1, 0.15) is 30.2 Å². The van der Waals surface area contributed by atoms with Gasteiger partial charge in [0.25, 0.3) is 0 Å². The largest absolute Gasteiger partial charge is 0.394 e. The van der Waals surface area contributed by atoms with Crippen molar-refractivity contribution in [2.75, 3.05) is 18.9 Å². The van der Waals surface area contributed by atoms with Gasteiger partial charge in [-0.3, -0.25) is 4.57 Å². The van der Waals surface area contributed by atoms with Crippen LogP contribution in [-0.2, 0) is 9.47 Å². The number of aliphatic hydroxyl groups is 2. The lowest BCUT2D eigenvalue weighted by Gasteiger charge is -2.21. The second-order valence-electron chi connectivity index (χ2n) is 4.91. The fraction of sp³-hybridized carbons (Fsp3) is 0.462. The molecule has 0 aromatic carbocycles. The number of hydrogen-bond acceptors (Lipinski definition) is 8. The van der Waals surface area contributed by atoms with Crippen molar-refractivity contribution < 1.29 is 19.7 Å². The first-order chi connectivity index (χ1) is 10.7. The second-order valence-corrected chi connectivity index (χ2v) is 4.91. The molecule has 22 heavy (non-hydrogen) atoms. The Morgan fingerprint density at radius 3 is 3.00 bits per heavy atom. The topological polar surface area (TPSA) is 129 Å². The number of ether oxygens (including phenoxy) is 2. The maximum atomic E-state index is 10.2. The molecule has 2 aromatic rings. The van der Waals surface area contributed by atoms with Crippen LogP contribution in [0.15, 0.2) is 25.3 Å². The summed E-state index contributed by atoms with van der Waals surface area (Å²) in [7, 11) is 0. The van der Waals surface area contributed by atoms with Gasteiger partial charge in [0.2, 0.25) is 0 Å². The summed E-state index contributed by atoms with van der Waals surface area (Å²) in [5.74, 6) is 0.254. The van der Waals surface area contributed by atoms with E-state index in [1.165, 1.54) is 12.7 Å². The lowest BCUT2D eigenvalue weighted by atomic mass is 10.1. The highest BCUT2D eigenvalue weighted by Gasteiger charge is 2.45. The van der Waals surface area contributed by atoms with E-state index in [2.05, 4.69) is 21.5 Å². The van der Waals surface area contributed by atoms with Crippen LogP contribution in [0.2, 0.25) is 0 Å². The highest BCUT2D eigenvalue weighted by Crippen LogP contribution is 2.33. The number of nitrogens with two attached hydrogens (primary N) is 1. The van der Waals surface area contributed by atoms with E-state index in [9.17, 15) is 10.2 Å². The molecule has 1 aliphatic heterocycles. The van der Waals surface area contributed by atoms with Crippen LogP contribution in [-0.4, -0.2) is 61.3 Å². The summed E-state index contributed by atoms with van der Waals surface area (Å²) in [5.41, 5.74) is 6.67. The molecule has 3 rings (SSSR count). The van der Waals surface area contributed by atoms with E-state index in [4.69, 9.17) is 15.2 Å². The van der Waals surface area contributed by atoms with Crippen molar-refractivity contribution >= 4 is 17.0 Å². The first-order valence-electron chi connectivity index (χ1n) is 6.77. The van der Waals surface area contributed by atoms with E-state index in [-0.39, 0.29) is 19.0 Å². The number of imidazole rings is 1. The number of aliphatic hydroxyl groups excluding tert-OH is 2. The van der Waals surface area contributed by atoms with Gasteiger partial charge in [-0.1, -0.05) is 6.08 Å². The summed E-state index contributed by atoms with van der Waals surface area (Å²) in [5, 5.41) is 19.6. The van der Waals surface area contributed by atoms with Crippen LogP contribution < -0.4 is 5.73 Å². The molecule has 0 bridgehead atoms. The molecule has 9 nitrogen and oxygen atoms in total. The average Bonchev–Trinajstić information content (AvgIpc) is 3.07. The Bertz CT molecular complexity index is 675. The minimum absolute atomic E-state index is 0.240. The molecule has 118 valence electrons. The molecular formula is C13H17N5O4. The van der Waals surface area contributed by atoms with Crippen LogP contribution in [0.3, 0.4) is 0 Å². The Hall–Kier alpha value is -2.07. The van der Waals surface area contributed by atoms with Gasteiger partial charge in [0.05, 0.1) is 19.5 Å². The lowest BCUT2D eigenvalue weighted by Crippen LogP contribution is -2.35. The predicted octanol–water partition coefficient (Wildman–Crippen LogP) is -0.770. The average molecular weight is 307 g/mol. The number of hydrogen-bond donors (Lipinski definition) is 3. The number of anilines is 1. The van der Waals surface area contributed by atoms with Gasteiger partial charge in [0.15, 0.2) is 17.7 Å². The smallest absolute Gasteiger partial charge is 0.167 e. The van der Waals surface area contributed by atoms with Crippen molar-refractivity contribution in [3.8, 4) is 0 Å². The number of rotatable bonds is 5. The van der Waals surface area contributed by atoms with Gasteiger partial charge in [0, 0.05) is 0 Å². The van der Waals surface area contributed by atoms with E-state index in [0.29, 0.717) is 11.2 Å². The SMILES string of the molecule is C=CCO[C@H]1[C@@H](O)[C@@H](CO)O[C@H]1n1cnc2c(N)ncnc21. The molecule has 0 amide bonds. The number of fused-ring (bicyclic) bond motifs is 1. The molecule has 0 spiro atoms. The van der Waals surface area contributed by atoms with Crippen molar-refractivity contribution in [2.45, 2.75) is 24.5 Å². The Labute approximate surface area is 126 Å². The molecule has 4 N–H and O–H groups in total. The summed E-state index contributed by atoms with van der Waals surface area (Å²) in [4.78, 5) is 12.2. The van der Waals surface area contributed by atoms with E-state index in [1.807, 2.05) is 0 Å². The molecule has 0 radical (unpaired) electrons. The molecule has 9 heteroatoms. The van der Waals surface area contributed by atoms with E-state index in [0.717, 1.165) is 0 Å². The zero-order valence-electron chi connectivity index (χ0n) is 11.7. The minimum Gasteiger partial charge on any atom is -0.394 e. The van der Waals surface area contributed by atoms with Crippen molar-refractivity contribution in [3.63, 3.8) is 0 Å². The zero-order chi connectivity index (χ0) is 15.7. The summed E-state index contributed by atoms with van der Waals surface area (Å²) in [6, 6.07) is 0. The summed E-state index contributed by atoms with van der Waals surface area (Å²) in [6.45, 7) is 3.50. The second kappa shape index (κ2) is 5.97. The zero-order valence-corrected chi connectivity index (χ0v) is 11.7. The van der Waals surface area contributed by atoms with Crippen LogP contribution in [0.25, 0.3) is 11.2 Å². The first-order valence-corrected chi connectivity index (χ1v) is 6.77. The molecular weight excluding hydrogens is 290 g/mol. The minimum atomic E-state index is -0.980. The van der Waals surface area contributed by atoms with Gasteiger partial charge in [-0.15, -0.1) is 6.58 Å². The molecule has 1 aliphatic rings. The number of aromatic nitrogens is 4. The Balaban J connectivity index is 1.99. The number of nitrogen functional groups attached to an aromatic ring is 1. The van der Waals surface area contributed by atoms with Gasteiger partial charge in [-0.05, 0) is 0 Å². The maximum absolute atomic E-state index is 10.2. The van der Waals surface area contributed by atoms with Crippen LogP contribution in [0.1, 0.15) is 6.23 Å². The van der Waals surface area contributed by atoms with Gasteiger partial charge >= 0.3 is 0 Å². The highest BCUT2D eigenvalue weighted by molar-refractivity contribution is 5.81. The van der Waals surface area contributed by atoms with Crippen LogP contribution in [0.4, 0.5) is 5.82 Å². The van der Waals surface area contributed by atoms with Crippen molar-refractivity contribution in [3.05, 3.63) is 25.3 Å². The third kappa shape index (κ3) is 2.33. The quantitative estimate of drug-likeness (QED) is 0.614. The molecule has 0 saturated carbocycles. The standard InChI is InChI=1S/C13H17N5O4/c1-2-3-21-10-9(20)7(4-19)22-13(10)18-6-17-8-11(14)15-5-16-12(8)18/h2,5-7,9-10,13,19-20H,1,3-4H2,(H2,14,15,16)/t7-,9+,10+,13-/m1/s1. The molecule has 2 aromatic heterocycles. The maximum Gasteiger partial charge on any atom is 0.167 e. The molecule has 1 saturated heterocycles. The highest BCUT2D eigenvalue weighted by atomic mass is 16.6. The van der Waals surface area contributed by atoms with Crippen LogP contribution in [0, 0.1) is 0 Å².